The average molecular weight is 643 g/mol. The smallest absolute Gasteiger partial charge is 0.261 e. The van der Waals surface area contributed by atoms with Crippen LogP contribution in [0.15, 0.2) is 109 Å². The Morgan fingerprint density at radius 1 is 0.773 bits per heavy atom. The minimum absolute atomic E-state index is 0.0354. The maximum atomic E-state index is 14.2. The number of benzene rings is 4. The van der Waals surface area contributed by atoms with Crippen molar-refractivity contribution in [3.63, 3.8) is 0 Å². The second-order valence-corrected chi connectivity index (χ2v) is 18.6. The lowest BCUT2D eigenvalue weighted by Crippen LogP contribution is -2.67. The molecule has 2 fully saturated rings. The summed E-state index contributed by atoms with van der Waals surface area (Å²) in [6.45, 7) is 7.42. The second kappa shape index (κ2) is 12.8. The summed E-state index contributed by atoms with van der Waals surface area (Å²) in [5.74, 6) is 0.720. The summed E-state index contributed by atoms with van der Waals surface area (Å²) < 4.78 is 7.50. The van der Waals surface area contributed by atoms with E-state index in [2.05, 4.69) is 111 Å². The predicted molar refractivity (Wildman–Crippen MR) is 185 cm³/mol. The minimum Gasteiger partial charge on any atom is -0.405 e. The molecule has 1 amide bonds. The molecule has 6 heteroatoms. The number of likely N-dealkylation sites (tertiary alicyclic amines) is 1. The maximum Gasteiger partial charge on any atom is 0.261 e. The van der Waals surface area contributed by atoms with Crippen LogP contribution in [-0.2, 0) is 9.22 Å². The van der Waals surface area contributed by atoms with Crippen molar-refractivity contribution in [1.82, 2.24) is 4.90 Å². The van der Waals surface area contributed by atoms with Crippen LogP contribution >= 0.6 is 23.2 Å². The van der Waals surface area contributed by atoms with Gasteiger partial charge in [-0.1, -0.05) is 129 Å². The van der Waals surface area contributed by atoms with Crippen LogP contribution in [0, 0.1) is 5.92 Å². The molecule has 1 unspecified atom stereocenters. The first-order valence-electron chi connectivity index (χ1n) is 15.8. The van der Waals surface area contributed by atoms with Gasteiger partial charge in [0.2, 0.25) is 5.91 Å². The maximum absolute atomic E-state index is 14.2. The molecule has 1 aliphatic heterocycles. The predicted octanol–water partition coefficient (Wildman–Crippen LogP) is 8.80. The minimum atomic E-state index is -2.79. The van der Waals surface area contributed by atoms with Gasteiger partial charge in [0.25, 0.3) is 8.32 Å². The molecule has 0 radical (unpaired) electrons. The molecular weight excluding hydrogens is 601 g/mol. The highest BCUT2D eigenvalue weighted by atomic mass is 35.5. The molecule has 1 saturated heterocycles. The Morgan fingerprint density at radius 2 is 1.39 bits per heavy atom. The van der Waals surface area contributed by atoms with Gasteiger partial charge in [0.15, 0.2) is 0 Å². The van der Waals surface area contributed by atoms with Gasteiger partial charge in [-0.2, -0.15) is 0 Å². The SMILES string of the molecule is CC(C)(C)[Si](OCC(C1CC1)N1C(=O)CC[C@H](c2cccc(Cl)c2)[C@H]1c1ccc(Cl)cc1)(c1ccccc1)c1ccccc1. The van der Waals surface area contributed by atoms with E-state index < -0.39 is 8.32 Å². The zero-order valence-electron chi connectivity index (χ0n) is 25.8. The standard InChI is InChI=1S/C38H41Cl2NO2Si/c1-38(2,3)44(32-13-6-4-7-14-32,33-15-8-5-9-16-33)43-26-35(27-17-18-27)41-36(42)24-23-34(29-11-10-12-31(40)25-29)37(41)28-19-21-30(39)22-20-28/h4-16,19-22,25,27,34-35,37H,17-18,23-24,26H2,1-3H3/t34-,35?,37-/m1/s1. The van der Waals surface area contributed by atoms with Crippen LogP contribution in [0.4, 0.5) is 0 Å². The second-order valence-electron chi connectivity index (χ2n) is 13.4. The van der Waals surface area contributed by atoms with Gasteiger partial charge in [0.1, 0.15) is 0 Å². The summed E-state index contributed by atoms with van der Waals surface area (Å²) in [4.78, 5) is 16.4. The number of nitrogens with zero attached hydrogens (tertiary/aromatic N) is 1. The Kier molecular flexibility index (Phi) is 9.08. The summed E-state index contributed by atoms with van der Waals surface area (Å²) in [6, 6.07) is 37.6. The fraction of sp³-hybridized carbons (Fsp3) is 0.342. The number of rotatable bonds is 9. The molecule has 0 spiro atoms. The average Bonchev–Trinajstić information content (AvgIpc) is 3.86. The van der Waals surface area contributed by atoms with Crippen molar-refractivity contribution in [2.75, 3.05) is 6.61 Å². The van der Waals surface area contributed by atoms with Crippen LogP contribution in [0.3, 0.4) is 0 Å². The third-order valence-electron chi connectivity index (χ3n) is 9.54. The van der Waals surface area contributed by atoms with Crippen molar-refractivity contribution in [2.45, 2.75) is 69.5 Å². The Labute approximate surface area is 273 Å². The van der Waals surface area contributed by atoms with Crippen LogP contribution in [0.25, 0.3) is 0 Å². The molecule has 3 nitrogen and oxygen atoms in total. The fourth-order valence-corrected chi connectivity index (χ4v) is 12.2. The van der Waals surface area contributed by atoms with Gasteiger partial charge < -0.3 is 9.33 Å². The first kappa shape index (κ1) is 31.1. The van der Waals surface area contributed by atoms with E-state index in [9.17, 15) is 4.79 Å². The highest BCUT2D eigenvalue weighted by molar-refractivity contribution is 6.99. The Hall–Kier alpha value is -2.89. The van der Waals surface area contributed by atoms with E-state index in [0.717, 1.165) is 35.4 Å². The van der Waals surface area contributed by atoms with E-state index in [1.807, 2.05) is 24.3 Å². The zero-order chi connectivity index (χ0) is 30.9. The Bertz CT molecular complexity index is 1530. The van der Waals surface area contributed by atoms with E-state index in [1.165, 1.54) is 10.4 Å². The normalized spacial score (nSPS) is 20.0. The molecule has 4 aromatic rings. The number of carbonyl (C=O) groups is 1. The quantitative estimate of drug-likeness (QED) is 0.171. The summed E-state index contributed by atoms with van der Waals surface area (Å²) in [5, 5.41) is 3.77. The fourth-order valence-electron chi connectivity index (χ4n) is 7.34. The molecule has 1 aliphatic carbocycles. The van der Waals surface area contributed by atoms with Crippen LogP contribution in [0.5, 0.6) is 0 Å². The van der Waals surface area contributed by atoms with E-state index in [-0.39, 0.29) is 28.9 Å². The molecule has 44 heavy (non-hydrogen) atoms. The van der Waals surface area contributed by atoms with Crippen LogP contribution < -0.4 is 10.4 Å². The van der Waals surface area contributed by atoms with Gasteiger partial charge in [-0.3, -0.25) is 4.79 Å². The molecular formula is C38H41Cl2NO2Si. The van der Waals surface area contributed by atoms with Crippen molar-refractivity contribution in [2.24, 2.45) is 5.92 Å². The third-order valence-corrected chi connectivity index (χ3v) is 15.0. The molecule has 1 saturated carbocycles. The summed E-state index contributed by atoms with van der Waals surface area (Å²) in [5.41, 5.74) is 2.26. The number of hydrogen-bond acceptors (Lipinski definition) is 2. The van der Waals surface area contributed by atoms with Crippen molar-refractivity contribution >= 4 is 47.8 Å². The molecule has 0 aromatic heterocycles. The van der Waals surface area contributed by atoms with Gasteiger partial charge in [-0.25, -0.2) is 0 Å². The van der Waals surface area contributed by atoms with Gasteiger partial charge in [0.05, 0.1) is 18.7 Å². The first-order chi connectivity index (χ1) is 21.2. The van der Waals surface area contributed by atoms with Crippen LogP contribution in [0.2, 0.25) is 15.1 Å². The molecule has 2 aliphatic rings. The topological polar surface area (TPSA) is 29.5 Å². The summed E-state index contributed by atoms with van der Waals surface area (Å²) >= 11 is 12.9. The number of carbonyl (C=O) groups excluding carboxylic acids is 1. The lowest BCUT2D eigenvalue weighted by molar-refractivity contribution is -0.142. The molecule has 4 aromatic carbocycles. The summed E-state index contributed by atoms with van der Waals surface area (Å²) in [6.07, 6.45) is 3.49. The zero-order valence-corrected chi connectivity index (χ0v) is 28.3. The van der Waals surface area contributed by atoms with E-state index >= 15 is 0 Å². The molecule has 0 bridgehead atoms. The highest BCUT2D eigenvalue weighted by Crippen LogP contribution is 2.49. The third kappa shape index (κ3) is 6.15. The highest BCUT2D eigenvalue weighted by Gasteiger charge is 2.52. The van der Waals surface area contributed by atoms with E-state index in [4.69, 9.17) is 27.6 Å². The number of amides is 1. The molecule has 1 heterocycles. The Balaban J connectivity index is 1.44. The molecule has 6 rings (SSSR count). The largest absolute Gasteiger partial charge is 0.405 e. The van der Waals surface area contributed by atoms with Crippen molar-refractivity contribution in [3.05, 3.63) is 130 Å². The number of halogens is 2. The summed E-state index contributed by atoms with van der Waals surface area (Å²) in [7, 11) is -2.79. The van der Waals surface area contributed by atoms with E-state index in [1.54, 1.807) is 0 Å². The van der Waals surface area contributed by atoms with Gasteiger partial charge in [-0.05, 0) is 76.0 Å². The van der Waals surface area contributed by atoms with Crippen molar-refractivity contribution in [3.8, 4) is 0 Å². The lowest BCUT2D eigenvalue weighted by Gasteiger charge is -2.48. The molecule has 0 N–H and O–H groups in total. The first-order valence-corrected chi connectivity index (χ1v) is 18.4. The van der Waals surface area contributed by atoms with Gasteiger partial charge in [0, 0.05) is 22.4 Å². The van der Waals surface area contributed by atoms with E-state index in [0.29, 0.717) is 24.0 Å². The lowest BCUT2D eigenvalue weighted by atomic mass is 9.79. The van der Waals surface area contributed by atoms with Gasteiger partial charge >= 0.3 is 0 Å². The molecule has 3 atom stereocenters. The monoisotopic (exact) mass is 641 g/mol. The number of hydrogen-bond donors (Lipinski definition) is 0. The molecule has 228 valence electrons. The van der Waals surface area contributed by atoms with Gasteiger partial charge in [-0.15, -0.1) is 0 Å². The number of piperidine rings is 1. The Morgan fingerprint density at radius 3 is 1.93 bits per heavy atom. The van der Waals surface area contributed by atoms with Crippen molar-refractivity contribution < 1.29 is 9.22 Å². The van der Waals surface area contributed by atoms with Crippen LogP contribution in [-0.4, -0.2) is 31.8 Å². The van der Waals surface area contributed by atoms with Crippen LogP contribution in [0.1, 0.15) is 69.5 Å². The van der Waals surface area contributed by atoms with Crippen molar-refractivity contribution in [1.29, 1.82) is 0 Å².